The number of nitrogen functional groups attached to an aromatic ring is 1. The Morgan fingerprint density at radius 3 is 2.38 bits per heavy atom. The number of benzene rings is 2. The van der Waals surface area contributed by atoms with Crippen LogP contribution in [0.4, 0.5) is 11.4 Å². The van der Waals surface area contributed by atoms with Gasteiger partial charge >= 0.3 is 5.97 Å². The molecular formula is C16H16N2O3. The van der Waals surface area contributed by atoms with Gasteiger partial charge in [-0.25, -0.2) is 4.79 Å². The third-order valence-corrected chi connectivity index (χ3v) is 3.29. The first-order valence-electron chi connectivity index (χ1n) is 6.40. The number of hydrogen-bond donors (Lipinski definition) is 3. The maximum absolute atomic E-state index is 12.2. The van der Waals surface area contributed by atoms with Crippen LogP contribution in [0.25, 0.3) is 0 Å². The SMILES string of the molecule is Cc1ccc(C(=O)Nc2cc(N)ccc2C(=O)O)cc1C. The van der Waals surface area contributed by atoms with Gasteiger partial charge in [0.05, 0.1) is 11.3 Å². The van der Waals surface area contributed by atoms with E-state index >= 15 is 0 Å². The van der Waals surface area contributed by atoms with E-state index in [0.29, 0.717) is 11.3 Å². The number of carboxylic acids is 1. The molecule has 2 rings (SSSR count). The van der Waals surface area contributed by atoms with Crippen LogP contribution in [0.1, 0.15) is 31.8 Å². The van der Waals surface area contributed by atoms with E-state index in [2.05, 4.69) is 5.32 Å². The zero-order valence-corrected chi connectivity index (χ0v) is 11.8. The third kappa shape index (κ3) is 3.20. The highest BCUT2D eigenvalue weighted by atomic mass is 16.4. The molecule has 0 aliphatic rings. The van der Waals surface area contributed by atoms with Crippen molar-refractivity contribution >= 4 is 23.3 Å². The molecule has 4 N–H and O–H groups in total. The Kier molecular flexibility index (Phi) is 3.93. The molecule has 5 nitrogen and oxygen atoms in total. The van der Waals surface area contributed by atoms with Crippen LogP contribution in [-0.4, -0.2) is 17.0 Å². The van der Waals surface area contributed by atoms with Crippen molar-refractivity contribution in [3.05, 3.63) is 58.7 Å². The van der Waals surface area contributed by atoms with Crippen molar-refractivity contribution in [2.24, 2.45) is 0 Å². The summed E-state index contributed by atoms with van der Waals surface area (Å²) >= 11 is 0. The molecule has 5 heteroatoms. The molecule has 0 spiro atoms. The zero-order valence-electron chi connectivity index (χ0n) is 11.8. The Labute approximate surface area is 122 Å². The Balaban J connectivity index is 2.33. The number of nitrogens with two attached hydrogens (primary N) is 1. The summed E-state index contributed by atoms with van der Waals surface area (Å²) < 4.78 is 0. The molecule has 2 aromatic carbocycles. The molecule has 108 valence electrons. The summed E-state index contributed by atoms with van der Waals surface area (Å²) in [6.45, 7) is 3.87. The van der Waals surface area contributed by atoms with Gasteiger partial charge in [-0.15, -0.1) is 0 Å². The molecule has 0 aromatic heterocycles. The van der Waals surface area contributed by atoms with E-state index < -0.39 is 5.97 Å². The van der Waals surface area contributed by atoms with Gasteiger partial charge in [0, 0.05) is 11.3 Å². The van der Waals surface area contributed by atoms with E-state index in [9.17, 15) is 9.59 Å². The van der Waals surface area contributed by atoms with Crippen molar-refractivity contribution < 1.29 is 14.7 Å². The quantitative estimate of drug-likeness (QED) is 0.756. The largest absolute Gasteiger partial charge is 0.478 e. The van der Waals surface area contributed by atoms with Crippen LogP contribution in [0.2, 0.25) is 0 Å². The Bertz CT molecular complexity index is 723. The van der Waals surface area contributed by atoms with Gasteiger partial charge in [-0.1, -0.05) is 6.07 Å². The minimum Gasteiger partial charge on any atom is -0.478 e. The average Bonchev–Trinajstić information content (AvgIpc) is 2.41. The van der Waals surface area contributed by atoms with E-state index in [1.165, 1.54) is 18.2 Å². The first kappa shape index (κ1) is 14.6. The Hall–Kier alpha value is -2.82. The van der Waals surface area contributed by atoms with Gasteiger partial charge in [0.2, 0.25) is 0 Å². The normalized spacial score (nSPS) is 10.2. The van der Waals surface area contributed by atoms with Crippen molar-refractivity contribution in [3.8, 4) is 0 Å². The maximum atomic E-state index is 12.2. The molecule has 0 radical (unpaired) electrons. The van der Waals surface area contributed by atoms with Gasteiger partial charge in [0.1, 0.15) is 0 Å². The zero-order chi connectivity index (χ0) is 15.6. The molecule has 21 heavy (non-hydrogen) atoms. The molecule has 0 aliphatic heterocycles. The Morgan fingerprint density at radius 2 is 1.76 bits per heavy atom. The van der Waals surface area contributed by atoms with Gasteiger partial charge in [0.15, 0.2) is 0 Å². The molecule has 0 saturated carbocycles. The van der Waals surface area contributed by atoms with E-state index in [-0.39, 0.29) is 17.2 Å². The lowest BCUT2D eigenvalue weighted by Crippen LogP contribution is -2.15. The highest BCUT2D eigenvalue weighted by molar-refractivity contribution is 6.08. The second kappa shape index (κ2) is 5.66. The summed E-state index contributed by atoms with van der Waals surface area (Å²) in [7, 11) is 0. The number of hydrogen-bond acceptors (Lipinski definition) is 3. The molecule has 0 aliphatic carbocycles. The van der Waals surface area contributed by atoms with E-state index in [0.717, 1.165) is 11.1 Å². The number of aromatic carboxylic acids is 1. The number of carbonyl (C=O) groups is 2. The molecule has 0 bridgehead atoms. The standard InChI is InChI=1S/C16H16N2O3/c1-9-3-4-11(7-10(9)2)15(19)18-14-8-12(17)5-6-13(14)16(20)21/h3-8H,17H2,1-2H3,(H,18,19)(H,20,21). The number of rotatable bonds is 3. The van der Waals surface area contributed by atoms with Crippen LogP contribution in [0.3, 0.4) is 0 Å². The van der Waals surface area contributed by atoms with Crippen LogP contribution >= 0.6 is 0 Å². The molecule has 0 heterocycles. The van der Waals surface area contributed by atoms with Crippen molar-refractivity contribution in [2.45, 2.75) is 13.8 Å². The molecule has 0 unspecified atom stereocenters. The average molecular weight is 284 g/mol. The smallest absolute Gasteiger partial charge is 0.337 e. The number of carbonyl (C=O) groups excluding carboxylic acids is 1. The van der Waals surface area contributed by atoms with Crippen LogP contribution < -0.4 is 11.1 Å². The predicted octanol–water partition coefficient (Wildman–Crippen LogP) is 2.84. The van der Waals surface area contributed by atoms with Crippen molar-refractivity contribution in [1.29, 1.82) is 0 Å². The minimum atomic E-state index is -1.12. The molecule has 2 aromatic rings. The van der Waals surface area contributed by atoms with E-state index in [1.807, 2.05) is 19.9 Å². The summed E-state index contributed by atoms with van der Waals surface area (Å²) in [4.78, 5) is 23.4. The first-order chi connectivity index (χ1) is 9.88. The number of amides is 1. The van der Waals surface area contributed by atoms with E-state index in [4.69, 9.17) is 10.8 Å². The number of nitrogens with one attached hydrogen (secondary N) is 1. The van der Waals surface area contributed by atoms with Crippen LogP contribution in [0, 0.1) is 13.8 Å². The summed E-state index contributed by atoms with van der Waals surface area (Å²) in [5.74, 6) is -1.49. The topological polar surface area (TPSA) is 92.4 Å². The second-order valence-electron chi connectivity index (χ2n) is 4.86. The molecule has 1 amide bonds. The van der Waals surface area contributed by atoms with E-state index in [1.54, 1.807) is 12.1 Å². The summed E-state index contributed by atoms with van der Waals surface area (Å²) in [5, 5.41) is 11.7. The van der Waals surface area contributed by atoms with Crippen LogP contribution in [0.5, 0.6) is 0 Å². The Morgan fingerprint density at radius 1 is 1.05 bits per heavy atom. The fourth-order valence-electron chi connectivity index (χ4n) is 1.93. The highest BCUT2D eigenvalue weighted by Gasteiger charge is 2.14. The lowest BCUT2D eigenvalue weighted by atomic mass is 10.1. The first-order valence-corrected chi connectivity index (χ1v) is 6.40. The number of aryl methyl sites for hydroxylation is 2. The van der Waals surface area contributed by atoms with Crippen molar-refractivity contribution in [3.63, 3.8) is 0 Å². The lowest BCUT2D eigenvalue weighted by molar-refractivity contribution is 0.0698. The maximum Gasteiger partial charge on any atom is 0.337 e. The van der Waals surface area contributed by atoms with Crippen molar-refractivity contribution in [2.75, 3.05) is 11.1 Å². The molecule has 0 saturated heterocycles. The van der Waals surface area contributed by atoms with Gasteiger partial charge in [-0.3, -0.25) is 4.79 Å². The van der Waals surface area contributed by atoms with Gasteiger partial charge in [-0.2, -0.15) is 0 Å². The highest BCUT2D eigenvalue weighted by Crippen LogP contribution is 2.20. The van der Waals surface area contributed by atoms with Crippen LogP contribution in [-0.2, 0) is 0 Å². The summed E-state index contributed by atoms with van der Waals surface area (Å²) in [5.41, 5.74) is 8.76. The third-order valence-electron chi connectivity index (χ3n) is 3.29. The van der Waals surface area contributed by atoms with Crippen LogP contribution in [0.15, 0.2) is 36.4 Å². The number of carboxylic acid groups (broad SMARTS) is 1. The fraction of sp³-hybridized carbons (Fsp3) is 0.125. The summed E-state index contributed by atoms with van der Waals surface area (Å²) in [6, 6.07) is 9.59. The monoisotopic (exact) mass is 284 g/mol. The van der Waals surface area contributed by atoms with Gasteiger partial charge in [-0.05, 0) is 55.3 Å². The van der Waals surface area contributed by atoms with Gasteiger partial charge in [0.25, 0.3) is 5.91 Å². The molecule has 0 atom stereocenters. The second-order valence-corrected chi connectivity index (χ2v) is 4.86. The fourth-order valence-corrected chi connectivity index (χ4v) is 1.93. The molecular weight excluding hydrogens is 268 g/mol. The summed E-state index contributed by atoms with van der Waals surface area (Å²) in [6.07, 6.45) is 0. The van der Waals surface area contributed by atoms with Crippen molar-refractivity contribution in [1.82, 2.24) is 0 Å². The lowest BCUT2D eigenvalue weighted by Gasteiger charge is -2.10. The molecule has 0 fully saturated rings. The number of anilines is 2. The predicted molar refractivity (Wildman–Crippen MR) is 81.7 cm³/mol. The van der Waals surface area contributed by atoms with Gasteiger partial charge < -0.3 is 16.2 Å². The minimum absolute atomic E-state index is 0.00128.